The Bertz CT molecular complexity index is 794. The van der Waals surface area contributed by atoms with Gasteiger partial charge in [0.25, 0.3) is 0 Å². The molecule has 5 nitrogen and oxygen atoms in total. The van der Waals surface area contributed by atoms with E-state index in [0.717, 1.165) is 37.4 Å². The minimum absolute atomic E-state index is 0.430. The summed E-state index contributed by atoms with van der Waals surface area (Å²) in [6.45, 7) is 3.94. The average Bonchev–Trinajstić information content (AvgIpc) is 3.13. The molecule has 4 rings (SSSR count). The van der Waals surface area contributed by atoms with Gasteiger partial charge >= 0.3 is 0 Å². The van der Waals surface area contributed by atoms with Gasteiger partial charge in [0.1, 0.15) is 0 Å². The number of piperidine rings is 1. The number of hydrogen-bond donors (Lipinski definition) is 1. The molecule has 0 saturated carbocycles. The first-order valence-electron chi connectivity index (χ1n) is 8.45. The number of aromatic amines is 1. The lowest BCUT2D eigenvalue weighted by Crippen LogP contribution is -2.35. The molecule has 3 heterocycles. The molecule has 5 heteroatoms. The number of aryl methyl sites for hydroxylation is 1. The first kappa shape index (κ1) is 14.9. The van der Waals surface area contributed by atoms with Crippen molar-refractivity contribution in [1.29, 1.82) is 0 Å². The van der Waals surface area contributed by atoms with Crippen molar-refractivity contribution >= 4 is 5.82 Å². The highest BCUT2D eigenvalue weighted by molar-refractivity contribution is 5.66. The van der Waals surface area contributed by atoms with Gasteiger partial charge in [-0.1, -0.05) is 30.3 Å². The summed E-state index contributed by atoms with van der Waals surface area (Å²) in [5, 5.41) is 16.1. The zero-order valence-electron chi connectivity index (χ0n) is 13.8. The molecular weight excluding hydrogens is 298 g/mol. The highest BCUT2D eigenvalue weighted by atomic mass is 15.3. The Kier molecular flexibility index (Phi) is 3.99. The number of hydrogen-bond acceptors (Lipinski definition) is 4. The second-order valence-corrected chi connectivity index (χ2v) is 6.38. The Morgan fingerprint density at radius 3 is 2.75 bits per heavy atom. The van der Waals surface area contributed by atoms with Crippen molar-refractivity contribution in [3.05, 3.63) is 60.0 Å². The molecular formula is C19H21N5. The van der Waals surface area contributed by atoms with Gasteiger partial charge in [-0.25, -0.2) is 0 Å². The van der Waals surface area contributed by atoms with E-state index in [9.17, 15) is 0 Å². The smallest absolute Gasteiger partial charge is 0.151 e. The SMILES string of the molecule is Cc1ccc(N2CCC[C@@H](c3[nH]ncc3-c3ccccc3)C2)nn1. The van der Waals surface area contributed by atoms with E-state index in [1.165, 1.54) is 16.8 Å². The van der Waals surface area contributed by atoms with E-state index >= 15 is 0 Å². The number of rotatable bonds is 3. The van der Waals surface area contributed by atoms with Crippen LogP contribution in [-0.2, 0) is 0 Å². The third-order valence-corrected chi connectivity index (χ3v) is 4.69. The summed E-state index contributed by atoms with van der Waals surface area (Å²) in [7, 11) is 0. The van der Waals surface area contributed by atoms with E-state index in [1.54, 1.807) is 0 Å². The van der Waals surface area contributed by atoms with Gasteiger partial charge in [-0.3, -0.25) is 5.10 Å². The van der Waals surface area contributed by atoms with Crippen LogP contribution < -0.4 is 4.90 Å². The molecule has 1 aliphatic rings. The molecule has 0 bridgehead atoms. The summed E-state index contributed by atoms with van der Waals surface area (Å²) in [6, 6.07) is 14.6. The second-order valence-electron chi connectivity index (χ2n) is 6.38. The topological polar surface area (TPSA) is 57.7 Å². The van der Waals surface area contributed by atoms with Crippen molar-refractivity contribution in [2.24, 2.45) is 0 Å². The number of aromatic nitrogens is 4. The predicted octanol–water partition coefficient (Wildman–Crippen LogP) is 3.56. The van der Waals surface area contributed by atoms with Crippen LogP contribution in [0.15, 0.2) is 48.7 Å². The maximum absolute atomic E-state index is 4.35. The molecule has 0 spiro atoms. The van der Waals surface area contributed by atoms with Crippen LogP contribution in [0.25, 0.3) is 11.1 Å². The van der Waals surface area contributed by atoms with Gasteiger partial charge in [0.15, 0.2) is 5.82 Å². The Hall–Kier alpha value is -2.69. The third-order valence-electron chi connectivity index (χ3n) is 4.69. The van der Waals surface area contributed by atoms with Gasteiger partial charge in [-0.2, -0.15) is 10.2 Å². The van der Waals surface area contributed by atoms with Crippen molar-refractivity contribution in [3.8, 4) is 11.1 Å². The first-order valence-corrected chi connectivity index (χ1v) is 8.45. The Morgan fingerprint density at radius 1 is 1.08 bits per heavy atom. The number of H-pyrrole nitrogens is 1. The molecule has 1 N–H and O–H groups in total. The second kappa shape index (κ2) is 6.43. The van der Waals surface area contributed by atoms with Crippen LogP contribution in [0, 0.1) is 6.92 Å². The van der Waals surface area contributed by atoms with Crippen LogP contribution in [0.2, 0.25) is 0 Å². The van der Waals surface area contributed by atoms with Gasteiger partial charge < -0.3 is 4.90 Å². The third kappa shape index (κ3) is 2.89. The molecule has 3 aromatic rings. The van der Waals surface area contributed by atoms with Gasteiger partial charge in [0, 0.05) is 30.3 Å². The number of benzene rings is 1. The molecule has 1 saturated heterocycles. The van der Waals surface area contributed by atoms with E-state index in [1.807, 2.05) is 25.3 Å². The fourth-order valence-corrected chi connectivity index (χ4v) is 3.44. The zero-order valence-corrected chi connectivity index (χ0v) is 13.8. The van der Waals surface area contributed by atoms with Gasteiger partial charge in [0.2, 0.25) is 0 Å². The normalized spacial score (nSPS) is 17.9. The van der Waals surface area contributed by atoms with E-state index in [2.05, 4.69) is 55.6 Å². The monoisotopic (exact) mass is 319 g/mol. The van der Waals surface area contributed by atoms with Crippen LogP contribution in [-0.4, -0.2) is 33.5 Å². The maximum Gasteiger partial charge on any atom is 0.151 e. The van der Waals surface area contributed by atoms with Crippen molar-refractivity contribution in [3.63, 3.8) is 0 Å². The van der Waals surface area contributed by atoms with E-state index in [4.69, 9.17) is 0 Å². The molecule has 0 unspecified atom stereocenters. The average molecular weight is 319 g/mol. The minimum atomic E-state index is 0.430. The Labute approximate surface area is 141 Å². The lowest BCUT2D eigenvalue weighted by Gasteiger charge is -2.33. The molecule has 122 valence electrons. The van der Waals surface area contributed by atoms with Crippen molar-refractivity contribution in [2.45, 2.75) is 25.7 Å². The summed E-state index contributed by atoms with van der Waals surface area (Å²) < 4.78 is 0. The zero-order chi connectivity index (χ0) is 16.4. The maximum atomic E-state index is 4.35. The highest BCUT2D eigenvalue weighted by Gasteiger charge is 2.26. The predicted molar refractivity (Wildman–Crippen MR) is 95.0 cm³/mol. The molecule has 1 atom stereocenters. The highest BCUT2D eigenvalue weighted by Crippen LogP contribution is 2.33. The molecule has 2 aromatic heterocycles. The van der Waals surface area contributed by atoms with Gasteiger partial charge in [0.05, 0.1) is 11.9 Å². The molecule has 0 aliphatic carbocycles. The van der Waals surface area contributed by atoms with Crippen LogP contribution in [0.4, 0.5) is 5.82 Å². The van der Waals surface area contributed by atoms with Crippen LogP contribution in [0.1, 0.15) is 30.1 Å². The van der Waals surface area contributed by atoms with Gasteiger partial charge in [-0.05, 0) is 37.5 Å². The van der Waals surface area contributed by atoms with Crippen molar-refractivity contribution < 1.29 is 0 Å². The van der Waals surface area contributed by atoms with Crippen LogP contribution in [0.5, 0.6) is 0 Å². The largest absolute Gasteiger partial charge is 0.354 e. The minimum Gasteiger partial charge on any atom is -0.354 e. The Balaban J connectivity index is 1.59. The molecule has 24 heavy (non-hydrogen) atoms. The quantitative estimate of drug-likeness (QED) is 0.802. The van der Waals surface area contributed by atoms with Crippen molar-refractivity contribution in [1.82, 2.24) is 20.4 Å². The molecule has 1 fully saturated rings. The summed E-state index contributed by atoms with van der Waals surface area (Å²) in [5.41, 5.74) is 4.60. The fourth-order valence-electron chi connectivity index (χ4n) is 3.44. The summed E-state index contributed by atoms with van der Waals surface area (Å²) in [6.07, 6.45) is 4.25. The number of anilines is 1. The Morgan fingerprint density at radius 2 is 1.96 bits per heavy atom. The molecule has 0 amide bonds. The van der Waals surface area contributed by atoms with Gasteiger partial charge in [-0.15, -0.1) is 5.10 Å². The summed E-state index contributed by atoms with van der Waals surface area (Å²) >= 11 is 0. The van der Waals surface area contributed by atoms with Crippen LogP contribution >= 0.6 is 0 Å². The van der Waals surface area contributed by atoms with Crippen molar-refractivity contribution in [2.75, 3.05) is 18.0 Å². The summed E-state index contributed by atoms with van der Waals surface area (Å²) in [4.78, 5) is 2.33. The first-order chi connectivity index (χ1) is 11.8. The van der Waals surface area contributed by atoms with E-state index < -0.39 is 0 Å². The number of nitrogens with one attached hydrogen (secondary N) is 1. The molecule has 0 radical (unpaired) electrons. The number of nitrogens with zero attached hydrogens (tertiary/aromatic N) is 4. The van der Waals surface area contributed by atoms with E-state index in [0.29, 0.717) is 5.92 Å². The lowest BCUT2D eigenvalue weighted by molar-refractivity contribution is 0.497. The molecule has 1 aromatic carbocycles. The molecule has 1 aliphatic heterocycles. The lowest BCUT2D eigenvalue weighted by atomic mass is 9.90. The standard InChI is InChI=1S/C19H21N5/c1-14-9-10-18(22-21-14)24-11-5-8-16(13-24)19-17(12-20-23-19)15-6-3-2-4-7-15/h2-4,6-7,9-10,12,16H,5,8,11,13H2,1H3,(H,20,23)/t16-/m1/s1. The summed E-state index contributed by atoms with van der Waals surface area (Å²) in [5.74, 6) is 1.39. The fraction of sp³-hybridized carbons (Fsp3) is 0.316. The van der Waals surface area contributed by atoms with E-state index in [-0.39, 0.29) is 0 Å². The van der Waals surface area contributed by atoms with Crippen LogP contribution in [0.3, 0.4) is 0 Å².